The molecule has 98 valence electrons. The molecule has 0 amide bonds. The second-order valence-corrected chi connectivity index (χ2v) is 3.56. The van der Waals surface area contributed by atoms with Crippen LogP contribution in [0.3, 0.4) is 0 Å². The van der Waals surface area contributed by atoms with Crippen LogP contribution in [-0.2, 0) is 9.53 Å². The minimum absolute atomic E-state index is 0.125. The fourth-order valence-electron chi connectivity index (χ4n) is 1.43. The highest BCUT2D eigenvalue weighted by Gasteiger charge is 2.26. The zero-order chi connectivity index (χ0) is 13.5. The number of carbonyl (C=O) groups excluding carboxylic acids is 1. The molecule has 0 heterocycles. The third-order valence-corrected chi connectivity index (χ3v) is 2.29. The SMILES string of the molecule is CCOC(=O)C(O)C(O)c1cccc(C=NO)c1. The Balaban J connectivity index is 2.85. The summed E-state index contributed by atoms with van der Waals surface area (Å²) >= 11 is 0. The molecular formula is C12H15NO5. The summed E-state index contributed by atoms with van der Waals surface area (Å²) in [6.07, 6.45) is -1.87. The van der Waals surface area contributed by atoms with Crippen molar-refractivity contribution in [2.45, 2.75) is 19.1 Å². The lowest BCUT2D eigenvalue weighted by molar-refractivity contribution is -0.159. The molecule has 0 aromatic heterocycles. The Morgan fingerprint density at radius 1 is 1.50 bits per heavy atom. The van der Waals surface area contributed by atoms with E-state index in [4.69, 9.17) is 5.21 Å². The monoisotopic (exact) mass is 253 g/mol. The Morgan fingerprint density at radius 3 is 2.83 bits per heavy atom. The highest BCUT2D eigenvalue weighted by Crippen LogP contribution is 2.18. The zero-order valence-electron chi connectivity index (χ0n) is 9.85. The topological polar surface area (TPSA) is 99.4 Å². The first kappa shape index (κ1) is 14.1. The van der Waals surface area contributed by atoms with Crippen LogP contribution in [-0.4, -0.2) is 40.3 Å². The molecule has 0 aliphatic heterocycles. The number of nitrogens with zero attached hydrogens (tertiary/aromatic N) is 1. The zero-order valence-corrected chi connectivity index (χ0v) is 9.85. The van der Waals surface area contributed by atoms with Crippen molar-refractivity contribution < 1.29 is 25.0 Å². The van der Waals surface area contributed by atoms with Gasteiger partial charge < -0.3 is 20.2 Å². The molecule has 18 heavy (non-hydrogen) atoms. The maximum absolute atomic E-state index is 11.3. The van der Waals surface area contributed by atoms with Crippen LogP contribution >= 0.6 is 0 Å². The second kappa shape index (κ2) is 6.73. The van der Waals surface area contributed by atoms with Crippen LogP contribution in [0, 0.1) is 0 Å². The number of ether oxygens (including phenoxy) is 1. The Bertz CT molecular complexity index is 432. The van der Waals surface area contributed by atoms with Gasteiger partial charge in [-0.25, -0.2) is 4.79 Å². The van der Waals surface area contributed by atoms with E-state index in [-0.39, 0.29) is 6.61 Å². The molecule has 0 bridgehead atoms. The van der Waals surface area contributed by atoms with Gasteiger partial charge in [-0.2, -0.15) is 0 Å². The smallest absolute Gasteiger partial charge is 0.338 e. The first-order valence-electron chi connectivity index (χ1n) is 5.40. The molecule has 0 fully saturated rings. The standard InChI is InChI=1S/C12H15NO5/c1-2-18-12(16)11(15)10(14)9-5-3-4-8(6-9)7-13-17/h3-7,10-11,14-15,17H,2H2,1H3. The van der Waals surface area contributed by atoms with Gasteiger partial charge in [0, 0.05) is 0 Å². The predicted molar refractivity (Wildman–Crippen MR) is 63.4 cm³/mol. The van der Waals surface area contributed by atoms with Gasteiger partial charge in [0.15, 0.2) is 6.10 Å². The van der Waals surface area contributed by atoms with Crippen LogP contribution in [0.2, 0.25) is 0 Å². The molecule has 2 atom stereocenters. The molecule has 1 aromatic rings. The summed E-state index contributed by atoms with van der Waals surface area (Å²) in [5.41, 5.74) is 0.859. The fraction of sp³-hybridized carbons (Fsp3) is 0.333. The van der Waals surface area contributed by atoms with Crippen molar-refractivity contribution in [1.82, 2.24) is 0 Å². The first-order valence-corrected chi connectivity index (χ1v) is 5.40. The number of carbonyl (C=O) groups is 1. The molecule has 1 rings (SSSR count). The van der Waals surface area contributed by atoms with Gasteiger partial charge in [0.25, 0.3) is 0 Å². The Labute approximate surface area is 104 Å². The third kappa shape index (κ3) is 3.54. The number of hydrogen-bond donors (Lipinski definition) is 3. The van der Waals surface area contributed by atoms with Crippen molar-refractivity contribution in [1.29, 1.82) is 0 Å². The van der Waals surface area contributed by atoms with Gasteiger partial charge in [-0.3, -0.25) is 0 Å². The van der Waals surface area contributed by atoms with E-state index in [1.54, 1.807) is 25.1 Å². The van der Waals surface area contributed by atoms with E-state index < -0.39 is 18.2 Å². The molecule has 6 nitrogen and oxygen atoms in total. The van der Waals surface area contributed by atoms with Crippen LogP contribution in [0.1, 0.15) is 24.2 Å². The Hall–Kier alpha value is -1.92. The number of aliphatic hydroxyl groups excluding tert-OH is 2. The van der Waals surface area contributed by atoms with E-state index in [0.29, 0.717) is 11.1 Å². The Morgan fingerprint density at radius 2 is 2.22 bits per heavy atom. The second-order valence-electron chi connectivity index (χ2n) is 3.56. The number of benzene rings is 1. The number of hydrogen-bond acceptors (Lipinski definition) is 6. The predicted octanol–water partition coefficient (Wildman–Crippen LogP) is 0.452. The van der Waals surface area contributed by atoms with Gasteiger partial charge >= 0.3 is 5.97 Å². The lowest BCUT2D eigenvalue weighted by Gasteiger charge is -2.16. The molecule has 2 unspecified atom stereocenters. The van der Waals surface area contributed by atoms with Crippen LogP contribution in [0.25, 0.3) is 0 Å². The van der Waals surface area contributed by atoms with Crippen molar-refractivity contribution in [2.75, 3.05) is 6.61 Å². The van der Waals surface area contributed by atoms with Crippen molar-refractivity contribution in [3.05, 3.63) is 35.4 Å². The molecule has 0 radical (unpaired) electrons. The van der Waals surface area contributed by atoms with Gasteiger partial charge in [-0.1, -0.05) is 23.4 Å². The molecule has 0 saturated heterocycles. The van der Waals surface area contributed by atoms with Crippen LogP contribution in [0.4, 0.5) is 0 Å². The minimum atomic E-state index is -1.65. The van der Waals surface area contributed by atoms with Gasteiger partial charge in [0.2, 0.25) is 0 Å². The maximum atomic E-state index is 11.3. The minimum Gasteiger partial charge on any atom is -0.464 e. The van der Waals surface area contributed by atoms with Gasteiger partial charge in [-0.15, -0.1) is 0 Å². The van der Waals surface area contributed by atoms with Crippen LogP contribution in [0.5, 0.6) is 0 Å². The van der Waals surface area contributed by atoms with E-state index in [0.717, 1.165) is 0 Å². The molecule has 1 aromatic carbocycles. The molecule has 6 heteroatoms. The Kier molecular flexibility index (Phi) is 5.29. The van der Waals surface area contributed by atoms with E-state index in [1.807, 2.05) is 0 Å². The quantitative estimate of drug-likeness (QED) is 0.306. The molecule has 3 N–H and O–H groups in total. The fourth-order valence-corrected chi connectivity index (χ4v) is 1.43. The van der Waals surface area contributed by atoms with E-state index in [1.165, 1.54) is 12.3 Å². The van der Waals surface area contributed by atoms with Gasteiger partial charge in [0.1, 0.15) is 6.10 Å². The lowest BCUT2D eigenvalue weighted by atomic mass is 10.0. The summed E-state index contributed by atoms with van der Waals surface area (Å²) in [5.74, 6) is -0.883. The highest BCUT2D eigenvalue weighted by atomic mass is 16.5. The maximum Gasteiger partial charge on any atom is 0.338 e. The summed E-state index contributed by atoms with van der Waals surface area (Å²) in [5, 5.41) is 30.7. The molecule has 0 aliphatic rings. The summed E-state index contributed by atoms with van der Waals surface area (Å²) in [6.45, 7) is 1.73. The van der Waals surface area contributed by atoms with Gasteiger partial charge in [0.05, 0.1) is 12.8 Å². The summed E-state index contributed by atoms with van der Waals surface area (Å²) < 4.78 is 4.61. The number of oxime groups is 1. The number of rotatable bonds is 5. The number of aliphatic hydroxyl groups is 2. The summed E-state index contributed by atoms with van der Waals surface area (Å²) in [7, 11) is 0. The number of esters is 1. The van der Waals surface area contributed by atoms with Crippen molar-refractivity contribution in [2.24, 2.45) is 5.16 Å². The van der Waals surface area contributed by atoms with Gasteiger partial charge in [-0.05, 0) is 24.1 Å². The van der Waals surface area contributed by atoms with Crippen LogP contribution < -0.4 is 0 Å². The van der Waals surface area contributed by atoms with Crippen molar-refractivity contribution in [3.8, 4) is 0 Å². The molecule has 0 aliphatic carbocycles. The molecule has 0 spiro atoms. The van der Waals surface area contributed by atoms with E-state index in [2.05, 4.69) is 9.89 Å². The molecular weight excluding hydrogens is 238 g/mol. The molecule has 0 saturated carbocycles. The average Bonchev–Trinajstić information content (AvgIpc) is 2.38. The lowest BCUT2D eigenvalue weighted by Crippen LogP contribution is -2.29. The van der Waals surface area contributed by atoms with E-state index in [9.17, 15) is 15.0 Å². The third-order valence-electron chi connectivity index (χ3n) is 2.29. The van der Waals surface area contributed by atoms with Crippen LogP contribution in [0.15, 0.2) is 29.4 Å². The highest BCUT2D eigenvalue weighted by molar-refractivity contribution is 5.79. The largest absolute Gasteiger partial charge is 0.464 e. The van der Waals surface area contributed by atoms with Crippen molar-refractivity contribution >= 4 is 12.2 Å². The average molecular weight is 253 g/mol. The van der Waals surface area contributed by atoms with Crippen molar-refractivity contribution in [3.63, 3.8) is 0 Å². The first-order chi connectivity index (χ1) is 8.60. The summed E-state index contributed by atoms with van der Waals surface area (Å²) in [6, 6.07) is 6.29. The normalized spacial score (nSPS) is 14.4. The van der Waals surface area contributed by atoms with E-state index >= 15 is 0 Å². The summed E-state index contributed by atoms with van der Waals surface area (Å²) in [4.78, 5) is 11.3.